The summed E-state index contributed by atoms with van der Waals surface area (Å²) < 4.78 is 1.23. The van der Waals surface area contributed by atoms with Crippen LogP contribution in [0.15, 0.2) is 16.6 Å². The highest BCUT2D eigenvalue weighted by molar-refractivity contribution is 9.10. The Balaban J connectivity index is 2.00. The molecule has 15 heavy (non-hydrogen) atoms. The minimum absolute atomic E-state index is 1.09. The van der Waals surface area contributed by atoms with Gasteiger partial charge in [-0.1, -0.05) is 0 Å². The SMILES string of the molecule is Brc1cc2c(cc1N1CCCC1)CCN2. The van der Waals surface area contributed by atoms with E-state index in [9.17, 15) is 0 Å². The monoisotopic (exact) mass is 266 g/mol. The average Bonchev–Trinajstić information content (AvgIpc) is 2.85. The zero-order chi connectivity index (χ0) is 10.3. The van der Waals surface area contributed by atoms with Crippen molar-refractivity contribution >= 4 is 27.3 Å². The molecular weight excluding hydrogens is 252 g/mol. The number of fused-ring (bicyclic) bond motifs is 1. The molecule has 3 rings (SSSR count). The highest BCUT2D eigenvalue weighted by atomic mass is 79.9. The number of rotatable bonds is 1. The van der Waals surface area contributed by atoms with Crippen LogP contribution in [0.4, 0.5) is 11.4 Å². The first-order chi connectivity index (χ1) is 7.34. The molecule has 2 aliphatic heterocycles. The van der Waals surface area contributed by atoms with E-state index in [0.717, 1.165) is 6.54 Å². The van der Waals surface area contributed by atoms with E-state index in [2.05, 4.69) is 38.3 Å². The number of nitrogens with one attached hydrogen (secondary N) is 1. The van der Waals surface area contributed by atoms with Crippen molar-refractivity contribution in [3.05, 3.63) is 22.2 Å². The van der Waals surface area contributed by atoms with Gasteiger partial charge >= 0.3 is 0 Å². The van der Waals surface area contributed by atoms with Crippen LogP contribution >= 0.6 is 15.9 Å². The first-order valence-electron chi connectivity index (χ1n) is 5.66. The van der Waals surface area contributed by atoms with E-state index in [1.807, 2.05) is 0 Å². The van der Waals surface area contributed by atoms with E-state index in [1.54, 1.807) is 0 Å². The van der Waals surface area contributed by atoms with Gasteiger partial charge in [0.25, 0.3) is 0 Å². The first-order valence-corrected chi connectivity index (χ1v) is 6.45. The van der Waals surface area contributed by atoms with E-state index in [-0.39, 0.29) is 0 Å². The molecule has 0 amide bonds. The number of hydrogen-bond donors (Lipinski definition) is 1. The van der Waals surface area contributed by atoms with Gasteiger partial charge in [0.05, 0.1) is 5.69 Å². The van der Waals surface area contributed by atoms with Crippen molar-refractivity contribution in [1.82, 2.24) is 0 Å². The lowest BCUT2D eigenvalue weighted by Crippen LogP contribution is -2.18. The molecule has 1 saturated heterocycles. The largest absolute Gasteiger partial charge is 0.384 e. The molecule has 3 heteroatoms. The van der Waals surface area contributed by atoms with Gasteiger partial charge in [0.2, 0.25) is 0 Å². The summed E-state index contributed by atoms with van der Waals surface area (Å²) in [6.07, 6.45) is 3.84. The van der Waals surface area contributed by atoms with Gasteiger partial charge in [0.1, 0.15) is 0 Å². The molecule has 0 unspecified atom stereocenters. The molecule has 0 spiro atoms. The van der Waals surface area contributed by atoms with Crippen molar-refractivity contribution in [2.24, 2.45) is 0 Å². The number of halogens is 1. The Morgan fingerprint density at radius 2 is 2.00 bits per heavy atom. The normalized spacial score (nSPS) is 19.1. The molecule has 80 valence electrons. The molecule has 1 N–H and O–H groups in total. The molecule has 0 saturated carbocycles. The Morgan fingerprint density at radius 3 is 2.80 bits per heavy atom. The molecule has 0 aliphatic carbocycles. The first kappa shape index (κ1) is 9.52. The maximum atomic E-state index is 3.68. The lowest BCUT2D eigenvalue weighted by atomic mass is 10.1. The number of nitrogens with zero attached hydrogens (tertiary/aromatic N) is 1. The van der Waals surface area contributed by atoms with Crippen LogP contribution in [0.2, 0.25) is 0 Å². The Bertz CT molecular complexity index is 383. The molecule has 1 aromatic rings. The minimum atomic E-state index is 1.09. The highest BCUT2D eigenvalue weighted by Crippen LogP contribution is 2.36. The maximum Gasteiger partial charge on any atom is 0.0514 e. The Morgan fingerprint density at radius 1 is 1.20 bits per heavy atom. The van der Waals surface area contributed by atoms with Gasteiger partial charge in [-0.25, -0.2) is 0 Å². The molecule has 2 aliphatic rings. The van der Waals surface area contributed by atoms with Gasteiger partial charge in [-0.2, -0.15) is 0 Å². The quantitative estimate of drug-likeness (QED) is 0.841. The standard InChI is InChI=1S/C12H15BrN2/c13-10-8-11-9(3-4-14-11)7-12(10)15-5-1-2-6-15/h7-8,14H,1-6H2. The third-order valence-electron chi connectivity index (χ3n) is 3.33. The van der Waals surface area contributed by atoms with Gasteiger partial charge in [0.15, 0.2) is 0 Å². The second-order valence-corrected chi connectivity index (χ2v) is 5.19. The Kier molecular flexibility index (Phi) is 2.35. The summed E-state index contributed by atoms with van der Waals surface area (Å²) in [5, 5.41) is 3.41. The van der Waals surface area contributed by atoms with E-state index in [0.29, 0.717) is 0 Å². The van der Waals surface area contributed by atoms with E-state index < -0.39 is 0 Å². The van der Waals surface area contributed by atoms with Gasteiger partial charge in [0, 0.05) is 29.8 Å². The van der Waals surface area contributed by atoms with Gasteiger partial charge in [-0.15, -0.1) is 0 Å². The van der Waals surface area contributed by atoms with Crippen LogP contribution in [-0.4, -0.2) is 19.6 Å². The zero-order valence-corrected chi connectivity index (χ0v) is 10.3. The van der Waals surface area contributed by atoms with Gasteiger partial charge in [-0.05, 0) is 52.9 Å². The maximum absolute atomic E-state index is 3.68. The summed E-state index contributed by atoms with van der Waals surface area (Å²) in [4.78, 5) is 2.49. The Hall–Kier alpha value is -0.700. The van der Waals surface area contributed by atoms with Crippen LogP contribution in [0, 0.1) is 0 Å². The second-order valence-electron chi connectivity index (χ2n) is 4.33. The van der Waals surface area contributed by atoms with Crippen LogP contribution in [0.3, 0.4) is 0 Å². The smallest absolute Gasteiger partial charge is 0.0514 e. The molecular formula is C12H15BrN2. The molecule has 0 aromatic heterocycles. The van der Waals surface area contributed by atoms with E-state index in [1.165, 1.54) is 53.8 Å². The zero-order valence-electron chi connectivity index (χ0n) is 8.72. The summed E-state index contributed by atoms with van der Waals surface area (Å²) >= 11 is 3.68. The van der Waals surface area contributed by atoms with Crippen LogP contribution in [0.1, 0.15) is 18.4 Å². The van der Waals surface area contributed by atoms with Crippen LogP contribution in [-0.2, 0) is 6.42 Å². The van der Waals surface area contributed by atoms with Crippen molar-refractivity contribution in [3.8, 4) is 0 Å². The van der Waals surface area contributed by atoms with Gasteiger partial charge < -0.3 is 10.2 Å². The van der Waals surface area contributed by atoms with Crippen LogP contribution in [0.5, 0.6) is 0 Å². The summed E-state index contributed by atoms with van der Waals surface area (Å²) in [5.74, 6) is 0. The second kappa shape index (κ2) is 3.71. The van der Waals surface area contributed by atoms with E-state index in [4.69, 9.17) is 0 Å². The fourth-order valence-corrected chi connectivity index (χ4v) is 3.10. The van der Waals surface area contributed by atoms with Crippen molar-refractivity contribution in [3.63, 3.8) is 0 Å². The topological polar surface area (TPSA) is 15.3 Å². The summed E-state index contributed by atoms with van der Waals surface area (Å²) in [5.41, 5.74) is 4.17. The van der Waals surface area contributed by atoms with Gasteiger partial charge in [-0.3, -0.25) is 0 Å². The third kappa shape index (κ3) is 1.63. The highest BCUT2D eigenvalue weighted by Gasteiger charge is 2.18. The molecule has 1 aromatic carbocycles. The summed E-state index contributed by atoms with van der Waals surface area (Å²) in [6, 6.07) is 4.58. The predicted octanol–water partition coefficient (Wildman–Crippen LogP) is 3.02. The third-order valence-corrected chi connectivity index (χ3v) is 3.96. The molecule has 1 fully saturated rings. The van der Waals surface area contributed by atoms with Crippen molar-refractivity contribution < 1.29 is 0 Å². The van der Waals surface area contributed by atoms with Crippen molar-refractivity contribution in [2.45, 2.75) is 19.3 Å². The van der Waals surface area contributed by atoms with Crippen molar-refractivity contribution in [2.75, 3.05) is 29.9 Å². The number of benzene rings is 1. The summed E-state index contributed by atoms with van der Waals surface area (Å²) in [7, 11) is 0. The van der Waals surface area contributed by atoms with Crippen molar-refractivity contribution in [1.29, 1.82) is 0 Å². The molecule has 2 nitrogen and oxygen atoms in total. The predicted molar refractivity (Wildman–Crippen MR) is 67.8 cm³/mol. The number of hydrogen-bond acceptors (Lipinski definition) is 2. The fourth-order valence-electron chi connectivity index (χ4n) is 2.51. The molecule has 0 radical (unpaired) electrons. The lowest BCUT2D eigenvalue weighted by molar-refractivity contribution is 0.949. The average molecular weight is 267 g/mol. The Labute approximate surface area is 98.8 Å². The lowest BCUT2D eigenvalue weighted by Gasteiger charge is -2.20. The molecule has 0 atom stereocenters. The van der Waals surface area contributed by atoms with Crippen LogP contribution < -0.4 is 10.2 Å². The summed E-state index contributed by atoms with van der Waals surface area (Å²) in [6.45, 7) is 3.51. The fraction of sp³-hybridized carbons (Fsp3) is 0.500. The molecule has 0 bridgehead atoms. The van der Waals surface area contributed by atoms with Crippen LogP contribution in [0.25, 0.3) is 0 Å². The minimum Gasteiger partial charge on any atom is -0.384 e. The number of anilines is 2. The molecule has 2 heterocycles. The van der Waals surface area contributed by atoms with E-state index >= 15 is 0 Å².